The lowest BCUT2D eigenvalue weighted by Gasteiger charge is -2.20. The van der Waals surface area contributed by atoms with Crippen LogP contribution in [0.4, 0.5) is 11.6 Å². The predicted molar refractivity (Wildman–Crippen MR) is 108 cm³/mol. The molecule has 1 aliphatic carbocycles. The number of carbonyl (C=O) groups excluding carboxylic acids is 1. The molecule has 8 heteroatoms. The fraction of sp³-hybridized carbons (Fsp3) is 0.350. The largest absolute Gasteiger partial charge is 0.466 e. The molecule has 4 heterocycles. The van der Waals surface area contributed by atoms with Gasteiger partial charge in [-0.15, -0.1) is 11.3 Å². The highest BCUT2D eigenvalue weighted by Gasteiger charge is 2.30. The maximum absolute atomic E-state index is 12.1. The Kier molecular flexibility index (Phi) is 4.27. The van der Waals surface area contributed by atoms with E-state index in [9.17, 15) is 4.79 Å². The third-order valence-corrected chi connectivity index (χ3v) is 6.39. The number of ether oxygens (including phenoxy) is 1. The zero-order valence-corrected chi connectivity index (χ0v) is 16.3. The third kappa shape index (κ3) is 2.93. The van der Waals surface area contributed by atoms with Crippen molar-refractivity contribution < 1.29 is 9.53 Å². The van der Waals surface area contributed by atoms with Crippen LogP contribution in [0.25, 0.3) is 10.2 Å². The summed E-state index contributed by atoms with van der Waals surface area (Å²) < 4.78 is 5.22. The van der Waals surface area contributed by atoms with Crippen molar-refractivity contribution in [3.8, 4) is 0 Å². The van der Waals surface area contributed by atoms with Crippen LogP contribution in [0.2, 0.25) is 0 Å². The van der Waals surface area contributed by atoms with E-state index >= 15 is 0 Å². The lowest BCUT2D eigenvalue weighted by molar-refractivity contribution is -0.148. The van der Waals surface area contributed by atoms with E-state index in [1.807, 2.05) is 25.4 Å². The number of aryl methyl sites for hydroxylation is 1. The van der Waals surface area contributed by atoms with E-state index in [1.54, 1.807) is 17.7 Å². The summed E-state index contributed by atoms with van der Waals surface area (Å²) in [5.41, 5.74) is 3.47. The van der Waals surface area contributed by atoms with Gasteiger partial charge in [0.1, 0.15) is 22.8 Å². The number of thiophene rings is 1. The summed E-state index contributed by atoms with van der Waals surface area (Å²) >= 11 is 1.64. The maximum atomic E-state index is 12.1. The topological polar surface area (TPSA) is 89.4 Å². The molecule has 5 rings (SSSR count). The van der Waals surface area contributed by atoms with E-state index in [1.165, 1.54) is 10.4 Å². The Bertz CT molecular complexity index is 1110. The highest BCUT2D eigenvalue weighted by Crippen LogP contribution is 2.40. The van der Waals surface area contributed by atoms with Gasteiger partial charge >= 0.3 is 5.97 Å². The van der Waals surface area contributed by atoms with E-state index in [0.29, 0.717) is 19.6 Å². The number of rotatable bonds is 4. The van der Waals surface area contributed by atoms with Crippen LogP contribution in [0.1, 0.15) is 34.9 Å². The van der Waals surface area contributed by atoms with Gasteiger partial charge in [-0.2, -0.15) is 0 Å². The number of aromatic nitrogens is 3. The molecule has 0 spiro atoms. The van der Waals surface area contributed by atoms with Gasteiger partial charge in [-0.25, -0.2) is 15.0 Å². The van der Waals surface area contributed by atoms with Crippen LogP contribution in [-0.4, -0.2) is 33.7 Å². The second kappa shape index (κ2) is 6.94. The molecule has 142 valence electrons. The van der Waals surface area contributed by atoms with E-state index in [0.717, 1.165) is 45.8 Å². The van der Waals surface area contributed by atoms with E-state index in [-0.39, 0.29) is 11.9 Å². The summed E-state index contributed by atoms with van der Waals surface area (Å²) in [6.45, 7) is 2.96. The summed E-state index contributed by atoms with van der Waals surface area (Å²) in [4.78, 5) is 32.0. The summed E-state index contributed by atoms with van der Waals surface area (Å²) in [5, 5.41) is 4.40. The Balaban J connectivity index is 1.48. The molecule has 3 aromatic heterocycles. The monoisotopic (exact) mass is 393 g/mol. The number of anilines is 2. The number of aliphatic imine (C=N–C) groups is 1. The Morgan fingerprint density at radius 1 is 1.36 bits per heavy atom. The van der Waals surface area contributed by atoms with Crippen molar-refractivity contribution in [3.63, 3.8) is 0 Å². The highest BCUT2D eigenvalue weighted by molar-refractivity contribution is 7.19. The second-order valence-electron chi connectivity index (χ2n) is 6.96. The fourth-order valence-electron chi connectivity index (χ4n) is 3.85. The zero-order valence-electron chi connectivity index (χ0n) is 15.4. The number of esters is 1. The molecule has 0 unspecified atom stereocenters. The summed E-state index contributed by atoms with van der Waals surface area (Å²) in [5.74, 6) is 1.34. The molecular formula is C20H19N5O2S. The van der Waals surface area contributed by atoms with Crippen molar-refractivity contribution in [1.82, 2.24) is 15.0 Å². The van der Waals surface area contributed by atoms with Crippen LogP contribution < -0.4 is 5.32 Å². The number of pyridine rings is 1. The zero-order chi connectivity index (χ0) is 19.1. The van der Waals surface area contributed by atoms with Gasteiger partial charge in [0.15, 0.2) is 0 Å². The van der Waals surface area contributed by atoms with Crippen LogP contribution in [-0.2, 0) is 28.9 Å². The summed E-state index contributed by atoms with van der Waals surface area (Å²) in [6.07, 6.45) is 7.63. The molecule has 0 saturated carbocycles. The second-order valence-corrected chi connectivity index (χ2v) is 8.04. The van der Waals surface area contributed by atoms with Gasteiger partial charge in [0.25, 0.3) is 0 Å². The number of fused-ring (bicyclic) bond motifs is 4. The number of nitrogens with one attached hydrogen (secondary N) is 1. The molecule has 0 aromatic carbocycles. The number of hydrogen-bond donors (Lipinski definition) is 1. The van der Waals surface area contributed by atoms with Crippen molar-refractivity contribution in [1.29, 1.82) is 0 Å². The average Bonchev–Trinajstić information content (AvgIpc) is 3.31. The first-order valence-electron chi connectivity index (χ1n) is 9.40. The first-order valence-corrected chi connectivity index (χ1v) is 10.2. The molecule has 0 saturated heterocycles. The van der Waals surface area contributed by atoms with Gasteiger partial charge in [0.05, 0.1) is 24.5 Å². The Morgan fingerprint density at radius 2 is 2.29 bits per heavy atom. The molecule has 28 heavy (non-hydrogen) atoms. The molecule has 2 aliphatic rings. The Labute approximate surface area is 165 Å². The standard InChI is InChI=1S/C20H19N5O2S/c1-2-27-20(26)11-3-4-14-15(5-11)28-19-17(14)18(23-10-24-19)25-16-6-12-7-21-8-13(12)9-22-16/h6-7,9-11H,2-5,8H2,1H3,(H,22,23,24,25)/t11-/m0/s1. The van der Waals surface area contributed by atoms with E-state index in [2.05, 4.69) is 25.3 Å². The molecule has 0 bridgehead atoms. The Hall–Kier alpha value is -2.87. The van der Waals surface area contributed by atoms with Gasteiger partial charge in [-0.1, -0.05) is 0 Å². The minimum atomic E-state index is -0.0981. The van der Waals surface area contributed by atoms with E-state index in [4.69, 9.17) is 4.74 Å². The minimum absolute atomic E-state index is 0.0671. The molecule has 0 radical (unpaired) electrons. The first kappa shape index (κ1) is 17.2. The van der Waals surface area contributed by atoms with Crippen LogP contribution in [0.3, 0.4) is 0 Å². The minimum Gasteiger partial charge on any atom is -0.466 e. The quantitative estimate of drug-likeness (QED) is 0.683. The first-order chi connectivity index (χ1) is 13.7. The van der Waals surface area contributed by atoms with Gasteiger partial charge in [0.2, 0.25) is 0 Å². The number of nitrogens with zero attached hydrogens (tertiary/aromatic N) is 4. The lowest BCUT2D eigenvalue weighted by Crippen LogP contribution is -2.23. The molecule has 3 aromatic rings. The Morgan fingerprint density at radius 3 is 3.18 bits per heavy atom. The van der Waals surface area contributed by atoms with Gasteiger partial charge < -0.3 is 10.1 Å². The summed E-state index contributed by atoms with van der Waals surface area (Å²) in [7, 11) is 0. The van der Waals surface area contributed by atoms with Crippen LogP contribution in [0, 0.1) is 5.92 Å². The average molecular weight is 393 g/mol. The van der Waals surface area contributed by atoms with Crippen molar-refractivity contribution in [2.75, 3.05) is 11.9 Å². The van der Waals surface area contributed by atoms with Crippen LogP contribution in [0.5, 0.6) is 0 Å². The molecule has 1 aliphatic heterocycles. The molecular weight excluding hydrogens is 374 g/mol. The summed E-state index contributed by atoms with van der Waals surface area (Å²) in [6, 6.07) is 2.00. The fourth-order valence-corrected chi connectivity index (χ4v) is 5.12. The SMILES string of the molecule is CCOC(=O)[C@H]1CCc2c(sc3ncnc(Nc4cc5c(cn4)CN=C5)c23)C1. The predicted octanol–water partition coefficient (Wildman–Crippen LogP) is 3.43. The van der Waals surface area contributed by atoms with Crippen molar-refractivity contribution >= 4 is 45.4 Å². The van der Waals surface area contributed by atoms with Crippen molar-refractivity contribution in [3.05, 3.63) is 40.2 Å². The van der Waals surface area contributed by atoms with Gasteiger partial charge in [-0.05, 0) is 37.8 Å². The molecule has 1 atom stereocenters. The van der Waals surface area contributed by atoms with Gasteiger partial charge in [0, 0.05) is 28.4 Å². The normalized spacial score (nSPS) is 17.4. The maximum Gasteiger partial charge on any atom is 0.309 e. The lowest BCUT2D eigenvalue weighted by atomic mass is 9.88. The molecule has 7 nitrogen and oxygen atoms in total. The number of hydrogen-bond acceptors (Lipinski definition) is 8. The van der Waals surface area contributed by atoms with E-state index < -0.39 is 0 Å². The molecule has 0 fully saturated rings. The third-order valence-electron chi connectivity index (χ3n) is 5.23. The van der Waals surface area contributed by atoms with Crippen molar-refractivity contribution in [2.24, 2.45) is 10.9 Å². The molecule has 1 N–H and O–H groups in total. The van der Waals surface area contributed by atoms with Crippen molar-refractivity contribution in [2.45, 2.75) is 32.7 Å². The highest BCUT2D eigenvalue weighted by atomic mass is 32.1. The van der Waals surface area contributed by atoms with Crippen LogP contribution in [0.15, 0.2) is 23.6 Å². The smallest absolute Gasteiger partial charge is 0.309 e. The van der Waals surface area contributed by atoms with Crippen LogP contribution >= 0.6 is 11.3 Å². The van der Waals surface area contributed by atoms with Gasteiger partial charge in [-0.3, -0.25) is 9.79 Å². The number of carbonyl (C=O) groups is 1. The molecule has 0 amide bonds.